The van der Waals surface area contributed by atoms with Crippen molar-refractivity contribution in [2.75, 3.05) is 0 Å². The van der Waals surface area contributed by atoms with Gasteiger partial charge in [-0.05, 0) is 25.8 Å². The first-order valence-corrected chi connectivity index (χ1v) is 7.48. The number of carbonyl (C=O) groups is 1. The Morgan fingerprint density at radius 1 is 1.33 bits per heavy atom. The van der Waals surface area contributed by atoms with Gasteiger partial charge in [-0.2, -0.15) is 0 Å². The van der Waals surface area contributed by atoms with E-state index in [-0.39, 0.29) is 11.9 Å². The summed E-state index contributed by atoms with van der Waals surface area (Å²) in [6.07, 6.45) is 1.77. The number of hydrogen-bond acceptors (Lipinski definition) is 3. The van der Waals surface area contributed by atoms with Gasteiger partial charge in [-0.25, -0.2) is 0 Å². The molecule has 2 rings (SSSR count). The Morgan fingerprint density at radius 2 is 2.00 bits per heavy atom. The van der Waals surface area contributed by atoms with Crippen molar-refractivity contribution in [3.63, 3.8) is 0 Å². The predicted molar refractivity (Wildman–Crippen MR) is 83.5 cm³/mol. The van der Waals surface area contributed by atoms with Gasteiger partial charge in [0.2, 0.25) is 0 Å². The second-order valence-corrected chi connectivity index (χ2v) is 5.34. The normalized spacial score (nSPS) is 10.9. The molecule has 0 saturated heterocycles. The van der Waals surface area contributed by atoms with Crippen molar-refractivity contribution in [2.24, 2.45) is 0 Å². The molecule has 0 aliphatic heterocycles. The summed E-state index contributed by atoms with van der Waals surface area (Å²) in [5.74, 6) is 0.325. The predicted octanol–water partition coefficient (Wildman–Crippen LogP) is 4.22. The minimum absolute atomic E-state index is 0.144. The number of rotatable bonds is 5. The molecule has 0 aliphatic carbocycles. The number of halogens is 1. The van der Waals surface area contributed by atoms with Gasteiger partial charge in [0.15, 0.2) is 0 Å². The Morgan fingerprint density at radius 3 is 2.62 bits per heavy atom. The molecule has 2 aromatic rings. The second-order valence-electron chi connectivity index (χ2n) is 4.93. The molecule has 0 spiro atoms. The highest BCUT2D eigenvalue weighted by Gasteiger charge is 2.24. The van der Waals surface area contributed by atoms with Crippen molar-refractivity contribution in [2.45, 2.75) is 39.7 Å². The fourth-order valence-corrected chi connectivity index (χ4v) is 2.45. The third-order valence-corrected chi connectivity index (χ3v) is 3.87. The largest absolute Gasteiger partial charge is 0.360 e. The fraction of sp³-hybridized carbons (Fsp3) is 0.375. The van der Waals surface area contributed by atoms with E-state index in [1.807, 2.05) is 32.0 Å². The van der Waals surface area contributed by atoms with Gasteiger partial charge in [-0.3, -0.25) is 4.79 Å². The average molecular weight is 307 g/mol. The van der Waals surface area contributed by atoms with E-state index in [4.69, 9.17) is 16.1 Å². The second kappa shape index (κ2) is 6.76. The lowest BCUT2D eigenvalue weighted by atomic mass is 10.0. The molecule has 1 amide bonds. The smallest absolute Gasteiger partial charge is 0.257 e. The molecule has 1 aromatic carbocycles. The number of hydrogen-bond donors (Lipinski definition) is 1. The summed E-state index contributed by atoms with van der Waals surface area (Å²) in [6.45, 7) is 5.82. The lowest BCUT2D eigenvalue weighted by Crippen LogP contribution is -2.34. The monoisotopic (exact) mass is 306 g/mol. The summed E-state index contributed by atoms with van der Waals surface area (Å²) in [7, 11) is 0. The Kier molecular flexibility index (Phi) is 5.02. The van der Waals surface area contributed by atoms with Gasteiger partial charge < -0.3 is 9.84 Å². The first-order valence-electron chi connectivity index (χ1n) is 7.10. The van der Waals surface area contributed by atoms with Gasteiger partial charge in [0.25, 0.3) is 5.91 Å². The van der Waals surface area contributed by atoms with Crippen LogP contribution in [0.3, 0.4) is 0 Å². The summed E-state index contributed by atoms with van der Waals surface area (Å²) < 4.78 is 5.21. The van der Waals surface area contributed by atoms with Crippen molar-refractivity contribution in [3.8, 4) is 11.3 Å². The summed E-state index contributed by atoms with van der Waals surface area (Å²) in [5.41, 5.74) is 1.64. The molecule has 4 nitrogen and oxygen atoms in total. The number of nitrogens with one attached hydrogen (secondary N) is 1. The molecule has 0 atom stereocenters. The van der Waals surface area contributed by atoms with E-state index in [0.717, 1.165) is 12.8 Å². The minimum atomic E-state index is -0.169. The maximum Gasteiger partial charge on any atom is 0.257 e. The first kappa shape index (κ1) is 15.6. The van der Waals surface area contributed by atoms with Gasteiger partial charge in [0.1, 0.15) is 17.0 Å². The number of amides is 1. The van der Waals surface area contributed by atoms with Crippen molar-refractivity contribution < 1.29 is 9.32 Å². The quantitative estimate of drug-likeness (QED) is 0.899. The highest BCUT2D eigenvalue weighted by atomic mass is 35.5. The molecular weight excluding hydrogens is 288 g/mol. The van der Waals surface area contributed by atoms with Gasteiger partial charge in [-0.1, -0.05) is 48.8 Å². The summed E-state index contributed by atoms with van der Waals surface area (Å²) in [4.78, 5) is 12.5. The maximum atomic E-state index is 12.5. The van der Waals surface area contributed by atoms with Gasteiger partial charge >= 0.3 is 0 Å². The van der Waals surface area contributed by atoms with Crippen LogP contribution in [0.1, 0.15) is 42.8 Å². The lowest BCUT2D eigenvalue weighted by molar-refractivity contribution is 0.0934. The topological polar surface area (TPSA) is 55.1 Å². The van der Waals surface area contributed by atoms with Crippen LogP contribution in [-0.4, -0.2) is 17.1 Å². The van der Waals surface area contributed by atoms with Crippen LogP contribution in [0, 0.1) is 6.92 Å². The molecule has 0 saturated carbocycles. The van der Waals surface area contributed by atoms with E-state index in [0.29, 0.717) is 27.6 Å². The van der Waals surface area contributed by atoms with Crippen LogP contribution in [-0.2, 0) is 0 Å². The van der Waals surface area contributed by atoms with E-state index >= 15 is 0 Å². The van der Waals surface area contributed by atoms with E-state index in [2.05, 4.69) is 10.5 Å². The SMILES string of the molecule is CCC(CC)NC(=O)c1c(-c2ccccc2Cl)noc1C. The van der Waals surface area contributed by atoms with Crippen molar-refractivity contribution in [1.82, 2.24) is 10.5 Å². The molecular formula is C16H19ClN2O2. The third kappa shape index (κ3) is 3.27. The third-order valence-electron chi connectivity index (χ3n) is 3.54. The van der Waals surface area contributed by atoms with Gasteiger partial charge in [0.05, 0.1) is 5.02 Å². The standard InChI is InChI=1S/C16H19ClN2O2/c1-4-11(5-2)18-16(20)14-10(3)21-19-15(14)12-8-6-7-9-13(12)17/h6-9,11H,4-5H2,1-3H3,(H,18,20). The van der Waals surface area contributed by atoms with Crippen LogP contribution >= 0.6 is 11.6 Å². The zero-order valence-corrected chi connectivity index (χ0v) is 13.2. The Bertz CT molecular complexity index is 633. The molecule has 0 bridgehead atoms. The Balaban J connectivity index is 2.39. The molecule has 112 valence electrons. The molecule has 0 fully saturated rings. The van der Waals surface area contributed by atoms with Crippen LogP contribution in [0.25, 0.3) is 11.3 Å². The van der Waals surface area contributed by atoms with Gasteiger partial charge in [-0.15, -0.1) is 0 Å². The molecule has 1 aromatic heterocycles. The average Bonchev–Trinajstić information content (AvgIpc) is 2.86. The number of carbonyl (C=O) groups excluding carboxylic acids is 1. The highest BCUT2D eigenvalue weighted by molar-refractivity contribution is 6.33. The van der Waals surface area contributed by atoms with E-state index in [9.17, 15) is 4.79 Å². The van der Waals surface area contributed by atoms with Crippen molar-refractivity contribution >= 4 is 17.5 Å². The summed E-state index contributed by atoms with van der Waals surface area (Å²) in [5, 5.41) is 7.56. The lowest BCUT2D eigenvalue weighted by Gasteiger charge is -2.14. The summed E-state index contributed by atoms with van der Waals surface area (Å²) in [6, 6.07) is 7.43. The van der Waals surface area contributed by atoms with Gasteiger partial charge in [0, 0.05) is 11.6 Å². The molecule has 0 radical (unpaired) electrons. The zero-order valence-electron chi connectivity index (χ0n) is 12.4. The molecule has 1 N–H and O–H groups in total. The Hall–Kier alpha value is -1.81. The van der Waals surface area contributed by atoms with Crippen LogP contribution in [0.15, 0.2) is 28.8 Å². The Labute approximate surface area is 129 Å². The van der Waals surface area contributed by atoms with Crippen LogP contribution < -0.4 is 5.32 Å². The first-order chi connectivity index (χ1) is 10.1. The molecule has 0 aliphatic rings. The molecule has 0 unspecified atom stereocenters. The van der Waals surface area contributed by atoms with Crippen LogP contribution in [0.5, 0.6) is 0 Å². The summed E-state index contributed by atoms with van der Waals surface area (Å²) >= 11 is 6.19. The number of aromatic nitrogens is 1. The highest BCUT2D eigenvalue weighted by Crippen LogP contribution is 2.30. The van der Waals surface area contributed by atoms with E-state index in [1.165, 1.54) is 0 Å². The number of nitrogens with zero attached hydrogens (tertiary/aromatic N) is 1. The molecule has 5 heteroatoms. The van der Waals surface area contributed by atoms with E-state index < -0.39 is 0 Å². The maximum absolute atomic E-state index is 12.5. The van der Waals surface area contributed by atoms with E-state index in [1.54, 1.807) is 13.0 Å². The minimum Gasteiger partial charge on any atom is -0.360 e. The van der Waals surface area contributed by atoms with Crippen LogP contribution in [0.4, 0.5) is 0 Å². The van der Waals surface area contributed by atoms with Crippen molar-refractivity contribution in [3.05, 3.63) is 40.6 Å². The number of aryl methyl sites for hydroxylation is 1. The van der Waals surface area contributed by atoms with Crippen LogP contribution in [0.2, 0.25) is 5.02 Å². The molecule has 21 heavy (non-hydrogen) atoms. The van der Waals surface area contributed by atoms with Crippen molar-refractivity contribution in [1.29, 1.82) is 0 Å². The zero-order chi connectivity index (χ0) is 15.4. The fourth-order valence-electron chi connectivity index (χ4n) is 2.23. The molecule has 1 heterocycles. The number of benzene rings is 1.